The summed E-state index contributed by atoms with van der Waals surface area (Å²) in [5.41, 5.74) is 21.6. The highest BCUT2D eigenvalue weighted by Crippen LogP contribution is 2.17. The number of halogens is 2. The third-order valence-corrected chi connectivity index (χ3v) is 6.95. The van der Waals surface area contributed by atoms with Gasteiger partial charge < -0.3 is 39.0 Å². The molecule has 0 saturated carbocycles. The van der Waals surface area contributed by atoms with Crippen LogP contribution in [-0.4, -0.2) is 90.0 Å². The van der Waals surface area contributed by atoms with E-state index in [1.165, 1.54) is 0 Å². The zero-order valence-corrected chi connectivity index (χ0v) is 26.7. The molecule has 0 spiro atoms. The zero-order chi connectivity index (χ0) is 30.2. The van der Waals surface area contributed by atoms with E-state index in [1.807, 2.05) is 13.8 Å². The number of nitrogens with one attached hydrogen (secondary N) is 4. The number of ketones is 2. The van der Waals surface area contributed by atoms with Crippen LogP contribution in [0.15, 0.2) is 0 Å². The van der Waals surface area contributed by atoms with Crippen LogP contribution in [0.5, 0.6) is 0 Å². The van der Waals surface area contributed by atoms with Gasteiger partial charge in [-0.25, -0.2) is 0 Å². The van der Waals surface area contributed by atoms with Gasteiger partial charge in [-0.3, -0.25) is 39.4 Å². The van der Waals surface area contributed by atoms with Crippen molar-refractivity contribution in [2.45, 2.75) is 114 Å². The van der Waals surface area contributed by atoms with Gasteiger partial charge in [-0.05, 0) is 38.5 Å². The molecule has 2 heterocycles. The Bertz CT molecular complexity index is 830. The molecule has 2 aliphatic heterocycles. The van der Waals surface area contributed by atoms with E-state index in [0.717, 1.165) is 25.7 Å². The Balaban J connectivity index is -0.000000696. The molecule has 252 valence electrons. The van der Waals surface area contributed by atoms with Crippen molar-refractivity contribution in [3.63, 3.8) is 0 Å². The van der Waals surface area contributed by atoms with Gasteiger partial charge in [-0.1, -0.05) is 39.5 Å². The molecule has 15 nitrogen and oxygen atoms in total. The van der Waals surface area contributed by atoms with Gasteiger partial charge in [0.1, 0.15) is 0 Å². The number of unbranched alkanes of at least 4 members (excludes halogenated alkanes) is 2. The fourth-order valence-electron chi connectivity index (χ4n) is 4.59. The van der Waals surface area contributed by atoms with E-state index in [-0.39, 0.29) is 78.8 Å². The van der Waals surface area contributed by atoms with Crippen LogP contribution in [0.1, 0.15) is 78.1 Å². The van der Waals surface area contributed by atoms with Crippen LogP contribution in [0, 0.1) is 0 Å². The number of Topliss-reactive ketones (excluding diaryl/α,β-unsaturated/α-hetero) is 2. The van der Waals surface area contributed by atoms with E-state index in [2.05, 4.69) is 21.3 Å². The summed E-state index contributed by atoms with van der Waals surface area (Å²) in [5.74, 6) is -1.87. The fraction of sp³-hybridized carbons (Fsp3) is 0.769. The number of rotatable bonds is 16. The van der Waals surface area contributed by atoms with E-state index in [9.17, 15) is 28.8 Å². The molecule has 0 radical (unpaired) electrons. The first-order chi connectivity index (χ1) is 18.9. The molecule has 0 bridgehead atoms. The van der Waals surface area contributed by atoms with E-state index < -0.39 is 36.0 Å². The smallest absolute Gasteiger partial charge is 0.237 e. The molecule has 2 saturated heterocycles. The lowest BCUT2D eigenvalue weighted by Crippen LogP contribution is -2.49. The molecular formula is C26H52Cl2N8O7. The number of carbonyl (C=O) groups excluding carboxylic acids is 6. The van der Waals surface area contributed by atoms with Crippen LogP contribution in [0.3, 0.4) is 0 Å². The number of carbonyl (C=O) groups is 6. The third-order valence-electron chi connectivity index (χ3n) is 6.95. The monoisotopic (exact) mass is 658 g/mol. The highest BCUT2D eigenvalue weighted by molar-refractivity contribution is 5.93. The van der Waals surface area contributed by atoms with Crippen LogP contribution in [0.25, 0.3) is 0 Å². The summed E-state index contributed by atoms with van der Waals surface area (Å²) in [6.07, 6.45) is 7.47. The fourth-order valence-corrected chi connectivity index (χ4v) is 4.59. The van der Waals surface area contributed by atoms with Crippen molar-refractivity contribution in [1.82, 2.24) is 21.3 Å². The second-order valence-electron chi connectivity index (χ2n) is 10.4. The van der Waals surface area contributed by atoms with Gasteiger partial charge in [0, 0.05) is 0 Å². The van der Waals surface area contributed by atoms with Gasteiger partial charge in [0.2, 0.25) is 23.6 Å². The molecular weight excluding hydrogens is 607 g/mol. The average Bonchev–Trinajstić information content (AvgIpc) is 3.62. The zero-order valence-electron chi connectivity index (χ0n) is 25.0. The van der Waals surface area contributed by atoms with Crippen molar-refractivity contribution in [2.75, 3.05) is 13.1 Å². The lowest BCUT2D eigenvalue weighted by atomic mass is 10.00. The number of hydrogen-bond acceptors (Lipinski definition) is 10. The van der Waals surface area contributed by atoms with Gasteiger partial charge in [0.25, 0.3) is 0 Å². The topological polar surface area (TPSA) is 286 Å². The van der Waals surface area contributed by atoms with E-state index in [4.69, 9.17) is 22.9 Å². The molecule has 0 aromatic carbocycles. The Labute approximate surface area is 265 Å². The maximum Gasteiger partial charge on any atom is 0.237 e. The van der Waals surface area contributed by atoms with Gasteiger partial charge in [-0.15, -0.1) is 24.8 Å². The van der Waals surface area contributed by atoms with Crippen molar-refractivity contribution in [1.29, 1.82) is 0 Å². The predicted octanol–water partition coefficient (Wildman–Crippen LogP) is -2.39. The number of amides is 4. The Morgan fingerprint density at radius 2 is 0.953 bits per heavy atom. The van der Waals surface area contributed by atoms with Gasteiger partial charge >= 0.3 is 0 Å². The minimum Gasteiger partial charge on any atom is -0.412 e. The molecule has 43 heavy (non-hydrogen) atoms. The molecule has 17 heteroatoms. The van der Waals surface area contributed by atoms with Gasteiger partial charge in [-0.2, -0.15) is 0 Å². The molecule has 2 aliphatic rings. The Morgan fingerprint density at radius 3 is 1.23 bits per heavy atom. The summed E-state index contributed by atoms with van der Waals surface area (Å²) in [6.45, 7) is 3.71. The van der Waals surface area contributed by atoms with E-state index >= 15 is 0 Å². The van der Waals surface area contributed by atoms with Crippen molar-refractivity contribution in [3.8, 4) is 0 Å². The molecule has 0 aromatic heterocycles. The standard InChI is InChI=1S/2C13H24N4O3.2ClH.H2O/c2*1-2-3-4-8(14)12(19)9-5-6-10(17-9)13(20)16-7-11(15)18;;;/h2*8-10,17H,2-7,14H2,1H3,(H2,15,18)(H,16,20);2*1H;1H2/t2*8-,9?,10-;;;/m00.../s1. The van der Waals surface area contributed by atoms with Crippen molar-refractivity contribution in [3.05, 3.63) is 0 Å². The van der Waals surface area contributed by atoms with E-state index in [0.29, 0.717) is 38.5 Å². The summed E-state index contributed by atoms with van der Waals surface area (Å²) >= 11 is 0. The quantitative estimate of drug-likeness (QED) is 0.0870. The largest absolute Gasteiger partial charge is 0.412 e. The molecule has 14 N–H and O–H groups in total. The normalized spacial score (nSPS) is 21.7. The first-order valence-corrected chi connectivity index (χ1v) is 14.1. The molecule has 2 fully saturated rings. The molecule has 0 aliphatic carbocycles. The van der Waals surface area contributed by atoms with E-state index in [1.54, 1.807) is 0 Å². The van der Waals surface area contributed by atoms with Crippen molar-refractivity contribution in [2.24, 2.45) is 22.9 Å². The number of hydrogen-bond donors (Lipinski definition) is 8. The summed E-state index contributed by atoms with van der Waals surface area (Å²) in [7, 11) is 0. The summed E-state index contributed by atoms with van der Waals surface area (Å²) in [6, 6.07) is -2.60. The number of primary amides is 2. The Hall–Kier alpha value is -2.40. The van der Waals surface area contributed by atoms with Crippen LogP contribution in [-0.2, 0) is 28.8 Å². The minimum atomic E-state index is -0.592. The van der Waals surface area contributed by atoms with Gasteiger partial charge in [0.15, 0.2) is 11.6 Å². The average molecular weight is 660 g/mol. The first kappa shape index (κ1) is 45.0. The van der Waals surface area contributed by atoms with Crippen molar-refractivity contribution < 1.29 is 34.2 Å². The molecule has 0 aromatic rings. The SMILES string of the molecule is CCCC[C@H](N)C(=O)C1CC[C@@H](C(=O)NCC(N)=O)N1.CCCC[C@H](N)C(=O)C1CC[C@@H](C(=O)NCC(N)=O)N1.Cl.Cl.O. The van der Waals surface area contributed by atoms with Crippen LogP contribution >= 0.6 is 24.8 Å². The van der Waals surface area contributed by atoms with Crippen LogP contribution < -0.4 is 44.2 Å². The number of nitrogens with two attached hydrogens (primary N) is 4. The van der Waals surface area contributed by atoms with Crippen molar-refractivity contribution >= 4 is 60.0 Å². The minimum absolute atomic E-state index is 0. The lowest BCUT2D eigenvalue weighted by molar-refractivity contribution is -0.126. The van der Waals surface area contributed by atoms with Crippen LogP contribution in [0.2, 0.25) is 0 Å². The highest BCUT2D eigenvalue weighted by atomic mass is 35.5. The second-order valence-corrected chi connectivity index (χ2v) is 10.4. The van der Waals surface area contributed by atoms with Crippen LogP contribution in [0.4, 0.5) is 0 Å². The molecule has 2 unspecified atom stereocenters. The maximum absolute atomic E-state index is 12.1. The predicted molar refractivity (Wildman–Crippen MR) is 167 cm³/mol. The molecule has 2 rings (SSSR count). The van der Waals surface area contributed by atoms with Gasteiger partial charge in [0.05, 0.1) is 49.3 Å². The summed E-state index contributed by atoms with van der Waals surface area (Å²) < 4.78 is 0. The Morgan fingerprint density at radius 1 is 0.651 bits per heavy atom. The first-order valence-electron chi connectivity index (χ1n) is 14.1. The lowest BCUT2D eigenvalue weighted by Gasteiger charge is -2.17. The Kier molecular flexibility index (Phi) is 25.1. The maximum atomic E-state index is 12.1. The second kappa shape index (κ2) is 24.0. The third kappa shape index (κ3) is 16.9. The summed E-state index contributed by atoms with van der Waals surface area (Å²) in [5, 5.41) is 10.8. The summed E-state index contributed by atoms with van der Waals surface area (Å²) in [4.78, 5) is 68.9. The molecule has 4 amide bonds. The molecule has 6 atom stereocenters. The highest BCUT2D eigenvalue weighted by Gasteiger charge is 2.36.